The zero-order chi connectivity index (χ0) is 13.1. The number of anilines is 2. The fourth-order valence-electron chi connectivity index (χ4n) is 2.66. The highest BCUT2D eigenvalue weighted by molar-refractivity contribution is 5.55. The SMILES string of the molecule is CNc1ccc(Cc2ccc3c(c2)CCCN3)cc1. The summed E-state index contributed by atoms with van der Waals surface area (Å²) in [5.74, 6) is 0. The quantitative estimate of drug-likeness (QED) is 0.870. The smallest absolute Gasteiger partial charge is 0.0372 e. The van der Waals surface area contributed by atoms with Gasteiger partial charge < -0.3 is 10.6 Å². The monoisotopic (exact) mass is 252 g/mol. The first kappa shape index (κ1) is 12.1. The molecule has 1 aliphatic heterocycles. The summed E-state index contributed by atoms with van der Waals surface area (Å²) in [6.07, 6.45) is 3.46. The van der Waals surface area contributed by atoms with Crippen LogP contribution in [0.4, 0.5) is 11.4 Å². The Bertz CT molecular complexity index is 558. The maximum absolute atomic E-state index is 3.46. The zero-order valence-corrected chi connectivity index (χ0v) is 11.4. The van der Waals surface area contributed by atoms with Gasteiger partial charge in [0, 0.05) is 25.0 Å². The van der Waals surface area contributed by atoms with E-state index in [4.69, 9.17) is 0 Å². The van der Waals surface area contributed by atoms with Crippen LogP contribution in [0.15, 0.2) is 42.5 Å². The number of hydrogen-bond acceptors (Lipinski definition) is 2. The first-order chi connectivity index (χ1) is 9.35. The molecule has 0 amide bonds. The van der Waals surface area contributed by atoms with E-state index in [-0.39, 0.29) is 0 Å². The Labute approximate surface area is 114 Å². The lowest BCUT2D eigenvalue weighted by molar-refractivity contribution is 0.828. The first-order valence-electron chi connectivity index (χ1n) is 6.97. The summed E-state index contributed by atoms with van der Waals surface area (Å²) >= 11 is 0. The van der Waals surface area contributed by atoms with E-state index in [9.17, 15) is 0 Å². The first-order valence-corrected chi connectivity index (χ1v) is 6.97. The summed E-state index contributed by atoms with van der Waals surface area (Å²) in [6.45, 7) is 1.11. The highest BCUT2D eigenvalue weighted by Gasteiger charge is 2.08. The minimum absolute atomic E-state index is 1.01. The Morgan fingerprint density at radius 3 is 2.63 bits per heavy atom. The molecule has 1 heterocycles. The van der Waals surface area contributed by atoms with E-state index in [2.05, 4.69) is 53.1 Å². The van der Waals surface area contributed by atoms with E-state index in [1.807, 2.05) is 7.05 Å². The van der Waals surface area contributed by atoms with Gasteiger partial charge in [0.15, 0.2) is 0 Å². The van der Waals surface area contributed by atoms with Crippen molar-refractivity contribution >= 4 is 11.4 Å². The largest absolute Gasteiger partial charge is 0.388 e. The van der Waals surface area contributed by atoms with Gasteiger partial charge in [-0.1, -0.05) is 24.3 Å². The van der Waals surface area contributed by atoms with Crippen molar-refractivity contribution in [3.8, 4) is 0 Å². The number of fused-ring (bicyclic) bond motifs is 1. The molecule has 3 rings (SSSR count). The van der Waals surface area contributed by atoms with Gasteiger partial charge in [0.2, 0.25) is 0 Å². The van der Waals surface area contributed by atoms with Crippen molar-refractivity contribution in [2.24, 2.45) is 0 Å². The molecule has 2 aromatic carbocycles. The molecule has 1 aliphatic rings. The van der Waals surface area contributed by atoms with E-state index >= 15 is 0 Å². The molecular formula is C17H20N2. The Morgan fingerprint density at radius 1 is 1.05 bits per heavy atom. The summed E-state index contributed by atoms with van der Waals surface area (Å²) < 4.78 is 0. The molecule has 2 aromatic rings. The van der Waals surface area contributed by atoms with E-state index in [0.717, 1.165) is 13.0 Å². The van der Waals surface area contributed by atoms with Crippen LogP contribution >= 0.6 is 0 Å². The lowest BCUT2D eigenvalue weighted by Gasteiger charge is -2.18. The van der Waals surface area contributed by atoms with E-state index < -0.39 is 0 Å². The van der Waals surface area contributed by atoms with Crippen LogP contribution in [-0.2, 0) is 12.8 Å². The third-order valence-electron chi connectivity index (χ3n) is 3.76. The summed E-state index contributed by atoms with van der Waals surface area (Å²) in [6, 6.07) is 15.5. The highest BCUT2D eigenvalue weighted by atomic mass is 14.9. The standard InChI is InChI=1S/C17H20N2/c1-18-16-7-4-13(5-8-16)11-14-6-9-17-15(12-14)3-2-10-19-17/h4-9,12,18-19H,2-3,10-11H2,1H3. The number of hydrogen-bond donors (Lipinski definition) is 2. The van der Waals surface area contributed by atoms with Crippen LogP contribution < -0.4 is 10.6 Å². The molecule has 0 saturated heterocycles. The Hall–Kier alpha value is -1.96. The Balaban J connectivity index is 1.78. The molecule has 0 bridgehead atoms. The van der Waals surface area contributed by atoms with E-state index in [1.54, 1.807) is 0 Å². The summed E-state index contributed by atoms with van der Waals surface area (Å²) in [5, 5.41) is 6.61. The Morgan fingerprint density at radius 2 is 1.84 bits per heavy atom. The fourth-order valence-corrected chi connectivity index (χ4v) is 2.66. The van der Waals surface area contributed by atoms with Crippen LogP contribution in [0.1, 0.15) is 23.1 Å². The summed E-state index contributed by atoms with van der Waals surface area (Å²) in [5.41, 5.74) is 6.72. The van der Waals surface area contributed by atoms with Crippen LogP contribution in [0, 0.1) is 0 Å². The lowest BCUT2D eigenvalue weighted by atomic mass is 9.97. The van der Waals surface area contributed by atoms with Crippen molar-refractivity contribution in [3.63, 3.8) is 0 Å². The molecule has 0 unspecified atom stereocenters. The predicted octanol–water partition coefficient (Wildman–Crippen LogP) is 3.68. The van der Waals surface area contributed by atoms with Crippen LogP contribution in [0.2, 0.25) is 0 Å². The maximum atomic E-state index is 3.46. The van der Waals surface area contributed by atoms with Crippen molar-refractivity contribution in [1.82, 2.24) is 0 Å². The molecule has 98 valence electrons. The third kappa shape index (κ3) is 2.73. The minimum Gasteiger partial charge on any atom is -0.388 e. The van der Waals surface area contributed by atoms with Gasteiger partial charge in [0.05, 0.1) is 0 Å². The molecule has 0 radical (unpaired) electrons. The predicted molar refractivity (Wildman–Crippen MR) is 82.0 cm³/mol. The normalized spacial score (nSPS) is 13.5. The van der Waals surface area contributed by atoms with Gasteiger partial charge in [0.25, 0.3) is 0 Å². The molecule has 0 spiro atoms. The van der Waals surface area contributed by atoms with Gasteiger partial charge in [-0.05, 0) is 54.2 Å². The Kier molecular flexibility index (Phi) is 3.41. The topological polar surface area (TPSA) is 24.1 Å². The number of aryl methyl sites for hydroxylation is 1. The van der Waals surface area contributed by atoms with Gasteiger partial charge in [0.1, 0.15) is 0 Å². The van der Waals surface area contributed by atoms with Crippen molar-refractivity contribution in [2.45, 2.75) is 19.3 Å². The van der Waals surface area contributed by atoms with Crippen LogP contribution in [0.3, 0.4) is 0 Å². The second-order valence-electron chi connectivity index (χ2n) is 5.15. The second-order valence-corrected chi connectivity index (χ2v) is 5.15. The molecule has 0 saturated carbocycles. The minimum atomic E-state index is 1.01. The maximum Gasteiger partial charge on any atom is 0.0372 e. The molecule has 0 aromatic heterocycles. The van der Waals surface area contributed by atoms with Crippen molar-refractivity contribution in [3.05, 3.63) is 59.2 Å². The third-order valence-corrected chi connectivity index (χ3v) is 3.76. The fraction of sp³-hybridized carbons (Fsp3) is 0.294. The van der Waals surface area contributed by atoms with Crippen molar-refractivity contribution in [2.75, 3.05) is 24.2 Å². The van der Waals surface area contributed by atoms with Gasteiger partial charge >= 0.3 is 0 Å². The summed E-state index contributed by atoms with van der Waals surface area (Å²) in [4.78, 5) is 0. The van der Waals surface area contributed by atoms with Crippen molar-refractivity contribution < 1.29 is 0 Å². The van der Waals surface area contributed by atoms with Crippen molar-refractivity contribution in [1.29, 1.82) is 0 Å². The van der Waals surface area contributed by atoms with Crippen LogP contribution in [-0.4, -0.2) is 13.6 Å². The number of nitrogens with one attached hydrogen (secondary N) is 2. The molecule has 2 heteroatoms. The lowest BCUT2D eigenvalue weighted by Crippen LogP contribution is -2.11. The molecule has 2 N–H and O–H groups in total. The molecule has 19 heavy (non-hydrogen) atoms. The molecule has 2 nitrogen and oxygen atoms in total. The molecular weight excluding hydrogens is 232 g/mol. The van der Waals surface area contributed by atoms with Crippen LogP contribution in [0.25, 0.3) is 0 Å². The van der Waals surface area contributed by atoms with Gasteiger partial charge in [-0.25, -0.2) is 0 Å². The van der Waals surface area contributed by atoms with Gasteiger partial charge in [-0.3, -0.25) is 0 Å². The molecule has 0 atom stereocenters. The van der Waals surface area contributed by atoms with Gasteiger partial charge in [-0.2, -0.15) is 0 Å². The second kappa shape index (κ2) is 5.35. The molecule has 0 aliphatic carbocycles. The molecule has 0 fully saturated rings. The van der Waals surface area contributed by atoms with Crippen LogP contribution in [0.5, 0.6) is 0 Å². The highest BCUT2D eigenvalue weighted by Crippen LogP contribution is 2.24. The number of benzene rings is 2. The van der Waals surface area contributed by atoms with E-state index in [0.29, 0.717) is 0 Å². The zero-order valence-electron chi connectivity index (χ0n) is 11.4. The average molecular weight is 252 g/mol. The van der Waals surface area contributed by atoms with E-state index in [1.165, 1.54) is 40.9 Å². The van der Waals surface area contributed by atoms with Gasteiger partial charge in [-0.15, -0.1) is 0 Å². The average Bonchev–Trinajstić information content (AvgIpc) is 2.48. The summed E-state index contributed by atoms with van der Waals surface area (Å²) in [7, 11) is 1.95. The number of rotatable bonds is 3.